The molecule has 8 heteroatoms. The number of amides is 1. The van der Waals surface area contributed by atoms with Crippen molar-refractivity contribution < 1.29 is 13.9 Å². The molecule has 1 fully saturated rings. The van der Waals surface area contributed by atoms with Crippen molar-refractivity contribution in [3.05, 3.63) is 70.4 Å². The maximum Gasteiger partial charge on any atom is 0.289 e. The topological polar surface area (TPSA) is 94.5 Å². The number of thioether (sulfide) groups is 1. The molecule has 0 atom stereocenters. The van der Waals surface area contributed by atoms with Gasteiger partial charge in [-0.2, -0.15) is 0 Å². The highest BCUT2D eigenvalue weighted by Gasteiger charge is 2.44. The number of benzene rings is 1. The average molecular weight is 465 g/mol. The van der Waals surface area contributed by atoms with Gasteiger partial charge in [0.1, 0.15) is 11.5 Å². The lowest BCUT2D eigenvalue weighted by atomic mass is 9.74. The van der Waals surface area contributed by atoms with E-state index in [0.29, 0.717) is 37.8 Å². The molecular weight excluding hydrogens is 436 g/mol. The zero-order chi connectivity index (χ0) is 23.0. The Bertz CT molecular complexity index is 1160. The molecule has 1 amide bonds. The molecule has 2 aliphatic heterocycles. The fourth-order valence-electron chi connectivity index (χ4n) is 4.71. The highest BCUT2D eigenvalue weighted by atomic mass is 32.2. The zero-order valence-electron chi connectivity index (χ0n) is 19.0. The molecule has 0 unspecified atom stereocenters. The molecule has 5 rings (SSSR count). The number of carbonyl (C=O) groups is 1. The van der Waals surface area contributed by atoms with Crippen LogP contribution in [-0.4, -0.2) is 40.5 Å². The van der Waals surface area contributed by atoms with E-state index >= 15 is 0 Å². The molecule has 3 aromatic rings. The number of carbonyl (C=O) groups excluding carboxylic acids is 1. The van der Waals surface area contributed by atoms with Crippen molar-refractivity contribution in [3.63, 3.8) is 0 Å². The summed E-state index contributed by atoms with van der Waals surface area (Å²) in [5.41, 5.74) is 10.1. The molecule has 2 N–H and O–H groups in total. The van der Waals surface area contributed by atoms with Crippen LogP contribution in [0.2, 0.25) is 0 Å². The molecule has 0 radical (unpaired) electrons. The van der Waals surface area contributed by atoms with E-state index in [-0.39, 0.29) is 11.3 Å². The number of piperidine rings is 1. The summed E-state index contributed by atoms with van der Waals surface area (Å²) in [7, 11) is 0. The van der Waals surface area contributed by atoms with Crippen LogP contribution in [0.4, 0.5) is 0 Å². The number of hydrogen-bond acceptors (Lipinski definition) is 7. The normalized spacial score (nSPS) is 16.6. The predicted octanol–water partition coefficient (Wildman–Crippen LogP) is 4.00. The van der Waals surface area contributed by atoms with Crippen molar-refractivity contribution in [2.75, 3.05) is 19.7 Å². The highest BCUT2D eigenvalue weighted by molar-refractivity contribution is 7.98. The molecule has 2 aliphatic rings. The van der Waals surface area contributed by atoms with Gasteiger partial charge in [-0.05, 0) is 56.5 Å². The molecule has 1 aromatic carbocycles. The van der Waals surface area contributed by atoms with Crippen LogP contribution in [-0.2, 0) is 17.7 Å². The highest BCUT2D eigenvalue weighted by Crippen LogP contribution is 2.46. The molecule has 0 aliphatic carbocycles. The van der Waals surface area contributed by atoms with Crippen LogP contribution in [0.15, 0.2) is 46.0 Å². The third-order valence-corrected chi connectivity index (χ3v) is 7.41. The summed E-state index contributed by atoms with van der Waals surface area (Å²) in [5, 5.41) is 0.718. The second-order valence-electron chi connectivity index (χ2n) is 8.88. The summed E-state index contributed by atoms with van der Waals surface area (Å²) >= 11 is 1.51. The smallest absolute Gasteiger partial charge is 0.289 e. The van der Waals surface area contributed by atoms with E-state index in [9.17, 15) is 4.79 Å². The van der Waals surface area contributed by atoms with Gasteiger partial charge >= 0.3 is 0 Å². The molecule has 33 heavy (non-hydrogen) atoms. The Balaban J connectivity index is 1.21. The van der Waals surface area contributed by atoms with Crippen LogP contribution < -0.4 is 10.5 Å². The van der Waals surface area contributed by atoms with Crippen LogP contribution in [0.25, 0.3) is 0 Å². The van der Waals surface area contributed by atoms with Crippen molar-refractivity contribution in [3.8, 4) is 5.75 Å². The monoisotopic (exact) mass is 464 g/mol. The number of fused-ring (bicyclic) bond motifs is 2. The van der Waals surface area contributed by atoms with E-state index in [2.05, 4.69) is 16.0 Å². The second-order valence-corrected chi connectivity index (χ2v) is 9.83. The number of aromatic nitrogens is 2. The molecular formula is C25H28N4O3S. The summed E-state index contributed by atoms with van der Waals surface area (Å²) in [4.78, 5) is 23.9. The molecule has 0 saturated carbocycles. The number of ether oxygens (including phenoxy) is 1. The maximum absolute atomic E-state index is 13.1. The van der Waals surface area contributed by atoms with Gasteiger partial charge in [0, 0.05) is 42.0 Å². The minimum atomic E-state index is -0.0569. The second kappa shape index (κ2) is 8.83. The average Bonchev–Trinajstić information content (AvgIpc) is 3.42. The van der Waals surface area contributed by atoms with E-state index in [1.807, 2.05) is 43.0 Å². The summed E-state index contributed by atoms with van der Waals surface area (Å²) in [6, 6.07) is 11.8. The van der Waals surface area contributed by atoms with Gasteiger partial charge < -0.3 is 19.8 Å². The molecule has 2 aromatic heterocycles. The first kappa shape index (κ1) is 22.0. The molecule has 4 heterocycles. The van der Waals surface area contributed by atoms with Gasteiger partial charge in [-0.15, -0.1) is 0 Å². The number of likely N-dealkylation sites (tertiary alicyclic amines) is 1. The van der Waals surface area contributed by atoms with Crippen molar-refractivity contribution >= 4 is 17.7 Å². The summed E-state index contributed by atoms with van der Waals surface area (Å²) in [6.45, 7) is 6.45. The van der Waals surface area contributed by atoms with Gasteiger partial charge in [0.2, 0.25) is 0 Å². The molecule has 1 spiro atoms. The van der Waals surface area contributed by atoms with Crippen LogP contribution in [0.1, 0.15) is 51.7 Å². The first-order valence-corrected chi connectivity index (χ1v) is 12.2. The van der Waals surface area contributed by atoms with Crippen molar-refractivity contribution in [1.29, 1.82) is 0 Å². The van der Waals surface area contributed by atoms with E-state index < -0.39 is 0 Å². The summed E-state index contributed by atoms with van der Waals surface area (Å²) in [6.07, 6.45) is 1.74. The largest absolute Gasteiger partial charge is 0.492 e. The molecule has 0 bridgehead atoms. The lowest BCUT2D eigenvalue weighted by Gasteiger charge is -2.38. The number of nitrogens with zero attached hydrogens (tertiary/aromatic N) is 3. The van der Waals surface area contributed by atoms with Crippen molar-refractivity contribution in [1.82, 2.24) is 14.9 Å². The van der Waals surface area contributed by atoms with Gasteiger partial charge in [0.05, 0.1) is 12.4 Å². The summed E-state index contributed by atoms with van der Waals surface area (Å²) < 4.78 is 11.9. The minimum absolute atomic E-state index is 0.0335. The quantitative estimate of drug-likeness (QED) is 0.450. The minimum Gasteiger partial charge on any atom is -0.492 e. The maximum atomic E-state index is 13.1. The van der Waals surface area contributed by atoms with Crippen LogP contribution in [0, 0.1) is 13.8 Å². The van der Waals surface area contributed by atoms with Gasteiger partial charge in [-0.1, -0.05) is 23.9 Å². The van der Waals surface area contributed by atoms with Gasteiger partial charge in [-0.25, -0.2) is 9.97 Å². The molecule has 172 valence electrons. The van der Waals surface area contributed by atoms with Gasteiger partial charge in [0.25, 0.3) is 5.91 Å². The zero-order valence-corrected chi connectivity index (χ0v) is 19.8. The number of rotatable bonds is 5. The van der Waals surface area contributed by atoms with Crippen LogP contribution in [0.3, 0.4) is 0 Å². The number of nitrogens with two attached hydrogens (primary N) is 1. The Morgan fingerprint density at radius 1 is 1.12 bits per heavy atom. The van der Waals surface area contributed by atoms with Gasteiger partial charge in [-0.3, -0.25) is 4.79 Å². The molecule has 7 nitrogen and oxygen atoms in total. The Hall–Kier alpha value is -2.84. The Kier molecular flexibility index (Phi) is 5.88. The molecule has 1 saturated heterocycles. The van der Waals surface area contributed by atoms with Crippen molar-refractivity contribution in [2.45, 2.75) is 49.6 Å². The van der Waals surface area contributed by atoms with E-state index in [4.69, 9.17) is 14.9 Å². The van der Waals surface area contributed by atoms with Crippen LogP contribution >= 0.6 is 11.8 Å². The third-order valence-electron chi connectivity index (χ3n) is 6.54. The van der Waals surface area contributed by atoms with Crippen molar-refractivity contribution in [2.24, 2.45) is 5.73 Å². The van der Waals surface area contributed by atoms with Crippen LogP contribution in [0.5, 0.6) is 5.75 Å². The number of hydrogen-bond donors (Lipinski definition) is 1. The fourth-order valence-corrected chi connectivity index (χ4v) is 5.55. The van der Waals surface area contributed by atoms with E-state index in [1.165, 1.54) is 17.3 Å². The fraction of sp³-hybridized carbons (Fsp3) is 0.400. The standard InChI is InChI=1S/C25H28N4O3S/c1-16-11-17(2)28-24(27-16)33-14-19-4-6-22(32-19)23(30)29-9-7-25(8-10-29)15-31-21-5-3-18(13-26)12-20(21)25/h3-6,11-12H,7-10,13-15,26H2,1-2H3. The number of aryl methyl sites for hydroxylation is 2. The number of furan rings is 1. The first-order valence-electron chi connectivity index (χ1n) is 11.3. The summed E-state index contributed by atoms with van der Waals surface area (Å²) in [5.74, 6) is 2.60. The Labute approximate surface area is 197 Å². The lowest BCUT2D eigenvalue weighted by Crippen LogP contribution is -2.46. The van der Waals surface area contributed by atoms with E-state index in [1.54, 1.807) is 6.07 Å². The van der Waals surface area contributed by atoms with Gasteiger partial charge in [0.15, 0.2) is 10.9 Å². The predicted molar refractivity (Wildman–Crippen MR) is 126 cm³/mol. The first-order chi connectivity index (χ1) is 16.0. The Morgan fingerprint density at radius 3 is 2.61 bits per heavy atom. The van der Waals surface area contributed by atoms with E-state index in [0.717, 1.165) is 46.5 Å². The third kappa shape index (κ3) is 4.37. The lowest BCUT2D eigenvalue weighted by molar-refractivity contribution is 0.0614. The SMILES string of the molecule is Cc1cc(C)nc(SCc2ccc(C(=O)N3CCC4(CC3)COc3ccc(CN)cc34)o2)n1. The Morgan fingerprint density at radius 2 is 1.88 bits per heavy atom.